The minimum absolute atomic E-state index is 0.0220. The van der Waals surface area contributed by atoms with Gasteiger partial charge < -0.3 is 11.5 Å². The molecule has 0 saturated carbocycles. The molecule has 5 N–H and O–H groups in total. The van der Waals surface area contributed by atoms with Gasteiger partial charge >= 0.3 is 0 Å². The maximum atomic E-state index is 12.6. The molecular weight excluding hydrogens is 398 g/mol. The molecule has 2 heterocycles. The summed E-state index contributed by atoms with van der Waals surface area (Å²) in [5.74, 6) is -0.479. The van der Waals surface area contributed by atoms with Gasteiger partial charge in [-0.2, -0.15) is 0 Å². The molecule has 10 heteroatoms. The molecule has 1 amide bonds. The predicted octanol–water partition coefficient (Wildman–Crippen LogP) is 2.12. The molecule has 1 aromatic carbocycles. The van der Waals surface area contributed by atoms with Crippen LogP contribution >= 0.6 is 11.3 Å². The number of hydrogen-bond donors (Lipinski definition) is 3. The second kappa shape index (κ2) is 7.82. The quantitative estimate of drug-likeness (QED) is 0.555. The normalized spacial score (nSPS) is 14.0. The van der Waals surface area contributed by atoms with Gasteiger partial charge in [0, 0.05) is 4.88 Å². The number of benzene rings is 1. The number of thiophene rings is 1. The molecule has 0 saturated heterocycles. The first-order valence-electron chi connectivity index (χ1n) is 8.65. The van der Waals surface area contributed by atoms with Crippen LogP contribution in [-0.4, -0.2) is 30.3 Å². The highest BCUT2D eigenvalue weighted by Gasteiger charge is 2.25. The third-order valence-corrected chi connectivity index (χ3v) is 7.10. The number of nitrogens with two attached hydrogens (primary N) is 2. The van der Waals surface area contributed by atoms with Crippen LogP contribution in [0.4, 0.5) is 5.82 Å². The Bertz CT molecular complexity index is 1130. The van der Waals surface area contributed by atoms with E-state index in [4.69, 9.17) is 11.5 Å². The Labute approximate surface area is 167 Å². The van der Waals surface area contributed by atoms with Gasteiger partial charge in [0.2, 0.25) is 0 Å². The van der Waals surface area contributed by atoms with E-state index in [0.29, 0.717) is 23.3 Å². The van der Waals surface area contributed by atoms with E-state index in [-0.39, 0.29) is 10.8 Å². The summed E-state index contributed by atoms with van der Waals surface area (Å²) in [6.07, 6.45) is 2.05. The highest BCUT2D eigenvalue weighted by molar-refractivity contribution is 7.90. The molecule has 0 fully saturated rings. The summed E-state index contributed by atoms with van der Waals surface area (Å²) >= 11 is 1.37. The van der Waals surface area contributed by atoms with Crippen LogP contribution in [0.25, 0.3) is 20.7 Å². The molecule has 2 atom stereocenters. The molecule has 28 heavy (non-hydrogen) atoms. The van der Waals surface area contributed by atoms with Crippen molar-refractivity contribution in [2.45, 2.75) is 31.2 Å². The number of carbonyl (C=O) groups excluding carboxylic acids is 1. The van der Waals surface area contributed by atoms with Gasteiger partial charge in [-0.25, -0.2) is 23.1 Å². The minimum Gasteiger partial charge on any atom is -0.382 e. The summed E-state index contributed by atoms with van der Waals surface area (Å²) in [5.41, 5.74) is 13.1. The van der Waals surface area contributed by atoms with Crippen LogP contribution in [-0.2, 0) is 14.8 Å². The van der Waals surface area contributed by atoms with Crippen LogP contribution in [0.15, 0.2) is 41.6 Å². The van der Waals surface area contributed by atoms with Crippen molar-refractivity contribution >= 4 is 43.3 Å². The van der Waals surface area contributed by atoms with Crippen molar-refractivity contribution in [1.82, 2.24) is 14.7 Å². The first kappa shape index (κ1) is 20.2. The van der Waals surface area contributed by atoms with Crippen molar-refractivity contribution in [1.29, 1.82) is 0 Å². The van der Waals surface area contributed by atoms with E-state index >= 15 is 0 Å². The summed E-state index contributed by atoms with van der Waals surface area (Å²) < 4.78 is 28.1. The number of carbonyl (C=O) groups is 1. The van der Waals surface area contributed by atoms with Crippen molar-refractivity contribution in [3.63, 3.8) is 0 Å². The molecule has 3 aromatic rings. The topological polar surface area (TPSA) is 141 Å². The second-order valence-corrected chi connectivity index (χ2v) is 9.23. The van der Waals surface area contributed by atoms with Gasteiger partial charge in [-0.15, -0.1) is 11.3 Å². The number of nitrogen functional groups attached to an aromatic ring is 1. The predicted molar refractivity (Wildman–Crippen MR) is 110 cm³/mol. The Hall–Kier alpha value is -2.56. The second-order valence-electron chi connectivity index (χ2n) is 6.49. The molecule has 0 spiro atoms. The lowest BCUT2D eigenvalue weighted by molar-refractivity contribution is -0.121. The zero-order chi connectivity index (χ0) is 20.5. The van der Waals surface area contributed by atoms with Crippen LogP contribution in [0, 0.1) is 5.92 Å². The first-order chi connectivity index (χ1) is 13.2. The molecule has 0 aliphatic rings. The molecule has 2 unspecified atom stereocenters. The highest BCUT2D eigenvalue weighted by atomic mass is 32.2. The van der Waals surface area contributed by atoms with Crippen LogP contribution in [0.3, 0.4) is 0 Å². The van der Waals surface area contributed by atoms with E-state index in [1.165, 1.54) is 29.8 Å². The number of amides is 1. The lowest BCUT2D eigenvalue weighted by Gasteiger charge is -2.17. The fraction of sp³-hybridized carbons (Fsp3) is 0.278. The Morgan fingerprint density at radius 1 is 1.29 bits per heavy atom. The van der Waals surface area contributed by atoms with Crippen LogP contribution < -0.4 is 16.2 Å². The first-order valence-corrected chi connectivity index (χ1v) is 11.0. The fourth-order valence-corrected chi connectivity index (χ4v) is 4.67. The monoisotopic (exact) mass is 419 g/mol. The molecule has 0 aliphatic carbocycles. The molecular formula is C18H21N5O3S2. The highest BCUT2D eigenvalue weighted by Crippen LogP contribution is 2.35. The summed E-state index contributed by atoms with van der Waals surface area (Å²) in [7, 11) is -4.04. The Morgan fingerprint density at radius 2 is 2.04 bits per heavy atom. The lowest BCUT2D eigenvalue weighted by atomic mass is 10.00. The molecule has 0 bridgehead atoms. The number of fused-ring (bicyclic) bond motifs is 1. The van der Waals surface area contributed by atoms with Crippen LogP contribution in [0.2, 0.25) is 0 Å². The maximum absolute atomic E-state index is 12.6. The van der Waals surface area contributed by atoms with Crippen molar-refractivity contribution < 1.29 is 13.2 Å². The SMILES string of the molecule is CCC(C)C(N)C(=O)NS(=O)(=O)c1cccc(-c2cc3ncnc(N)c3s2)c1. The van der Waals surface area contributed by atoms with Gasteiger partial charge in [-0.05, 0) is 29.7 Å². The molecule has 0 radical (unpaired) electrons. The number of sulfonamides is 1. The molecule has 3 rings (SSSR count). The zero-order valence-corrected chi connectivity index (χ0v) is 17.0. The average Bonchev–Trinajstić information content (AvgIpc) is 3.12. The van der Waals surface area contributed by atoms with Gasteiger partial charge in [0.15, 0.2) is 0 Å². The van der Waals surface area contributed by atoms with Gasteiger partial charge in [0.1, 0.15) is 12.1 Å². The number of rotatable bonds is 6. The molecule has 0 aliphatic heterocycles. The van der Waals surface area contributed by atoms with Gasteiger partial charge in [0.05, 0.1) is 21.2 Å². The van der Waals surface area contributed by atoms with Crippen molar-refractivity contribution in [3.8, 4) is 10.4 Å². The summed E-state index contributed by atoms with van der Waals surface area (Å²) in [6, 6.07) is 7.24. The number of aromatic nitrogens is 2. The van der Waals surface area contributed by atoms with Gasteiger partial charge in [-0.3, -0.25) is 4.79 Å². The van der Waals surface area contributed by atoms with Crippen molar-refractivity contribution in [2.24, 2.45) is 11.7 Å². The Kier molecular flexibility index (Phi) is 5.64. The zero-order valence-electron chi connectivity index (χ0n) is 15.4. The minimum atomic E-state index is -4.04. The Balaban J connectivity index is 1.91. The lowest BCUT2D eigenvalue weighted by Crippen LogP contribution is -2.46. The van der Waals surface area contributed by atoms with E-state index in [2.05, 4.69) is 14.7 Å². The van der Waals surface area contributed by atoms with Crippen molar-refractivity contribution in [3.05, 3.63) is 36.7 Å². The summed E-state index contributed by atoms with van der Waals surface area (Å²) in [6.45, 7) is 3.69. The third kappa shape index (κ3) is 3.98. The number of nitrogens with zero attached hydrogens (tertiary/aromatic N) is 2. The van der Waals surface area contributed by atoms with E-state index in [1.807, 2.05) is 13.0 Å². The summed E-state index contributed by atoms with van der Waals surface area (Å²) in [4.78, 5) is 21.1. The van der Waals surface area contributed by atoms with E-state index < -0.39 is 22.0 Å². The molecule has 8 nitrogen and oxygen atoms in total. The smallest absolute Gasteiger partial charge is 0.264 e. The van der Waals surface area contributed by atoms with Gasteiger partial charge in [0.25, 0.3) is 15.9 Å². The van der Waals surface area contributed by atoms with E-state index in [9.17, 15) is 13.2 Å². The Morgan fingerprint density at radius 3 is 2.71 bits per heavy atom. The average molecular weight is 420 g/mol. The van der Waals surface area contributed by atoms with Crippen LogP contribution in [0.1, 0.15) is 20.3 Å². The number of hydrogen-bond acceptors (Lipinski definition) is 8. The summed E-state index contributed by atoms with van der Waals surface area (Å²) in [5, 5.41) is 0. The van der Waals surface area contributed by atoms with E-state index in [1.54, 1.807) is 19.1 Å². The van der Waals surface area contributed by atoms with Crippen LogP contribution in [0.5, 0.6) is 0 Å². The van der Waals surface area contributed by atoms with Crippen molar-refractivity contribution in [2.75, 3.05) is 5.73 Å². The van der Waals surface area contributed by atoms with Gasteiger partial charge in [-0.1, -0.05) is 32.4 Å². The third-order valence-electron chi connectivity index (χ3n) is 4.56. The largest absolute Gasteiger partial charge is 0.382 e. The fourth-order valence-electron chi connectivity index (χ4n) is 2.60. The maximum Gasteiger partial charge on any atom is 0.264 e. The standard InChI is InChI=1S/C18H21N5O3S2/c1-3-10(2)15(19)18(24)23-28(25,26)12-6-4-5-11(7-12)14-8-13-16(27-14)17(20)22-9-21-13/h4-10,15H,3,19H2,1-2H3,(H,23,24)(H2,20,21,22). The number of anilines is 1. The molecule has 2 aromatic heterocycles. The molecule has 148 valence electrons. The number of nitrogens with one attached hydrogen (secondary N) is 1. The van der Waals surface area contributed by atoms with E-state index in [0.717, 1.165) is 9.58 Å².